The highest BCUT2D eigenvalue weighted by atomic mass is 32.2. The standard InChI is InChI=1S/C29H28FN5OS.2C2HF3O2/c1-4-16-11-21(27(30)24(12-16)36-2)26(22-14-17-13-18(31)9-10-19(17)28(32)34-22)29-33-15-23(35-29)20-7-5-6-8-25(20)37-3;2*3-2(4,5)1(6)7/h5-15,26H,4,31H2,1-3H3,(H2,32,34)(H,33,35);2*(H,6,7). The summed E-state index contributed by atoms with van der Waals surface area (Å²) in [5.41, 5.74) is 16.7. The van der Waals surface area contributed by atoms with E-state index in [-0.39, 0.29) is 5.75 Å². The van der Waals surface area contributed by atoms with Crippen LogP contribution in [0.4, 0.5) is 42.2 Å². The third-order valence-corrected chi connectivity index (χ3v) is 7.80. The summed E-state index contributed by atoms with van der Waals surface area (Å²) < 4.78 is 84.8. The molecule has 0 spiro atoms. The highest BCUT2D eigenvalue weighted by Crippen LogP contribution is 2.39. The van der Waals surface area contributed by atoms with Crippen LogP contribution in [0.2, 0.25) is 0 Å². The number of methoxy groups -OCH3 is 1. The lowest BCUT2D eigenvalue weighted by molar-refractivity contribution is -0.193. The lowest BCUT2D eigenvalue weighted by Gasteiger charge is -2.20. The summed E-state index contributed by atoms with van der Waals surface area (Å²) in [4.78, 5) is 31.8. The molecule has 18 heteroatoms. The number of halogens is 7. The van der Waals surface area contributed by atoms with E-state index in [1.54, 1.807) is 23.9 Å². The highest BCUT2D eigenvalue weighted by molar-refractivity contribution is 7.98. The zero-order chi connectivity index (χ0) is 38.3. The van der Waals surface area contributed by atoms with Gasteiger partial charge in [0.25, 0.3) is 0 Å². The summed E-state index contributed by atoms with van der Waals surface area (Å²) >= 11 is 1.65. The number of nitrogens with one attached hydrogen (secondary N) is 1. The number of benzene rings is 3. The number of imidazole rings is 1. The number of nitrogens with two attached hydrogens (primary N) is 2. The zero-order valence-corrected chi connectivity index (χ0v) is 27.7. The number of hydrogen-bond donors (Lipinski definition) is 5. The first kappa shape index (κ1) is 39.9. The number of aromatic nitrogens is 3. The van der Waals surface area contributed by atoms with Crippen LogP contribution in [-0.4, -0.2) is 62.8 Å². The van der Waals surface area contributed by atoms with Gasteiger partial charge in [-0.15, -0.1) is 11.8 Å². The van der Waals surface area contributed by atoms with E-state index < -0.39 is 36.0 Å². The number of fused-ring (bicyclic) bond motifs is 1. The largest absolute Gasteiger partial charge is 0.494 e. The van der Waals surface area contributed by atoms with Crippen LogP contribution in [0.1, 0.15) is 35.5 Å². The van der Waals surface area contributed by atoms with Gasteiger partial charge in [0.05, 0.1) is 24.4 Å². The van der Waals surface area contributed by atoms with Crippen LogP contribution in [0.15, 0.2) is 71.8 Å². The number of anilines is 2. The Balaban J connectivity index is 0.000000424. The Labute approximate surface area is 289 Å². The van der Waals surface area contributed by atoms with Crippen molar-refractivity contribution in [2.75, 3.05) is 24.8 Å². The molecule has 5 rings (SSSR count). The van der Waals surface area contributed by atoms with E-state index in [9.17, 15) is 26.3 Å². The van der Waals surface area contributed by atoms with E-state index in [4.69, 9.17) is 46.0 Å². The van der Waals surface area contributed by atoms with Crippen LogP contribution in [0.3, 0.4) is 0 Å². The Kier molecular flexibility index (Phi) is 12.9. The molecule has 10 nitrogen and oxygen atoms in total. The van der Waals surface area contributed by atoms with Gasteiger partial charge in [-0.25, -0.2) is 23.9 Å². The molecule has 1 atom stereocenters. The first-order valence-electron chi connectivity index (χ1n) is 14.4. The van der Waals surface area contributed by atoms with Gasteiger partial charge in [0, 0.05) is 33.3 Å². The van der Waals surface area contributed by atoms with E-state index in [1.807, 2.05) is 61.8 Å². The summed E-state index contributed by atoms with van der Waals surface area (Å²) in [5.74, 6) is -5.56. The molecule has 3 aromatic carbocycles. The van der Waals surface area contributed by atoms with Crippen molar-refractivity contribution >= 4 is 46.0 Å². The number of carbonyl (C=O) groups is 2. The van der Waals surface area contributed by atoms with Gasteiger partial charge in [0.2, 0.25) is 0 Å². The summed E-state index contributed by atoms with van der Waals surface area (Å²) in [6, 6.07) is 19.0. The number of H-pyrrole nitrogens is 1. The average molecular weight is 742 g/mol. The summed E-state index contributed by atoms with van der Waals surface area (Å²) in [6.45, 7) is 2.02. The topological polar surface area (TPSA) is 177 Å². The Morgan fingerprint density at radius 1 is 0.941 bits per heavy atom. The number of thioether (sulfide) groups is 1. The molecule has 2 heterocycles. The van der Waals surface area contributed by atoms with Crippen LogP contribution in [0, 0.1) is 5.82 Å². The van der Waals surface area contributed by atoms with Gasteiger partial charge in [-0.1, -0.05) is 31.2 Å². The molecule has 0 aliphatic rings. The van der Waals surface area contributed by atoms with E-state index in [2.05, 4.69) is 11.1 Å². The fraction of sp³-hybridized carbons (Fsp3) is 0.212. The van der Waals surface area contributed by atoms with Crippen molar-refractivity contribution in [1.29, 1.82) is 0 Å². The number of nitrogen functional groups attached to an aromatic ring is 2. The van der Waals surface area contributed by atoms with Gasteiger partial charge in [-0.3, -0.25) is 0 Å². The number of ether oxygens (including phenoxy) is 1. The lowest BCUT2D eigenvalue weighted by Crippen LogP contribution is -2.21. The molecule has 0 aliphatic heterocycles. The van der Waals surface area contributed by atoms with Gasteiger partial charge >= 0.3 is 24.3 Å². The SMILES string of the molecule is CCc1cc(OC)c(F)c(C(c2cc3cc(N)ccc3c(N)n2)c2nc(-c3ccccc3SC)c[nH]2)c1.O=C(O)C(F)(F)F.O=C(O)C(F)(F)F. The number of aliphatic carboxylic acids is 2. The molecule has 0 aliphatic carbocycles. The van der Waals surface area contributed by atoms with Gasteiger partial charge in [-0.2, -0.15) is 26.3 Å². The Hall–Kier alpha value is -5.52. The molecule has 0 fully saturated rings. The molecule has 1 unspecified atom stereocenters. The van der Waals surface area contributed by atoms with Gasteiger partial charge in [0.15, 0.2) is 11.6 Å². The van der Waals surface area contributed by atoms with Gasteiger partial charge < -0.3 is 31.4 Å². The number of pyridine rings is 1. The van der Waals surface area contributed by atoms with Crippen LogP contribution in [0.25, 0.3) is 22.0 Å². The first-order valence-corrected chi connectivity index (χ1v) is 15.7. The molecular weight excluding hydrogens is 711 g/mol. The molecule has 0 saturated heterocycles. The van der Waals surface area contributed by atoms with E-state index in [0.717, 1.165) is 32.5 Å². The fourth-order valence-corrected chi connectivity index (χ4v) is 5.25. The number of nitrogens with zero attached hydrogens (tertiary/aromatic N) is 2. The van der Waals surface area contributed by atoms with E-state index in [0.29, 0.717) is 35.0 Å². The second kappa shape index (κ2) is 16.5. The minimum atomic E-state index is -5.08. The van der Waals surface area contributed by atoms with Crippen molar-refractivity contribution in [3.63, 3.8) is 0 Å². The lowest BCUT2D eigenvalue weighted by atomic mass is 9.90. The van der Waals surface area contributed by atoms with Crippen LogP contribution in [0.5, 0.6) is 5.75 Å². The molecule has 5 aromatic rings. The normalized spacial score (nSPS) is 11.9. The predicted octanol–water partition coefficient (Wildman–Crippen LogP) is 7.67. The van der Waals surface area contributed by atoms with Crippen LogP contribution in [-0.2, 0) is 16.0 Å². The molecule has 51 heavy (non-hydrogen) atoms. The Morgan fingerprint density at radius 2 is 1.55 bits per heavy atom. The number of carboxylic acid groups (broad SMARTS) is 2. The Bertz CT molecular complexity index is 1990. The van der Waals surface area contributed by atoms with Gasteiger partial charge in [-0.05, 0) is 60.0 Å². The van der Waals surface area contributed by atoms with Crippen molar-refractivity contribution in [3.05, 3.63) is 95.3 Å². The summed E-state index contributed by atoms with van der Waals surface area (Å²) in [6.07, 6.45) is -5.58. The molecule has 0 radical (unpaired) electrons. The average Bonchev–Trinajstić information content (AvgIpc) is 3.54. The van der Waals surface area contributed by atoms with E-state index >= 15 is 4.39 Å². The number of aromatic amines is 1. The summed E-state index contributed by atoms with van der Waals surface area (Å²) in [7, 11) is 1.47. The minimum Gasteiger partial charge on any atom is -0.494 e. The van der Waals surface area contributed by atoms with Crippen molar-refractivity contribution in [3.8, 4) is 17.0 Å². The van der Waals surface area contributed by atoms with E-state index in [1.165, 1.54) is 7.11 Å². The third-order valence-electron chi connectivity index (χ3n) is 7.01. The number of aryl methyl sites for hydroxylation is 1. The Morgan fingerprint density at radius 3 is 2.10 bits per heavy atom. The maximum Gasteiger partial charge on any atom is 0.490 e. The molecule has 2 aromatic heterocycles. The van der Waals surface area contributed by atoms with Crippen molar-refractivity contribution < 1.29 is 55.3 Å². The fourth-order valence-electron chi connectivity index (χ4n) is 4.64. The molecule has 0 bridgehead atoms. The quantitative estimate of drug-likeness (QED) is 0.0632. The second-order valence-electron chi connectivity index (χ2n) is 10.4. The third kappa shape index (κ3) is 10.0. The number of hydrogen-bond acceptors (Lipinski definition) is 8. The van der Waals surface area contributed by atoms with Crippen molar-refractivity contribution in [2.45, 2.75) is 36.5 Å². The molecule has 0 saturated carbocycles. The number of alkyl halides is 6. The number of rotatable bonds is 7. The predicted molar refractivity (Wildman–Crippen MR) is 177 cm³/mol. The van der Waals surface area contributed by atoms with Crippen molar-refractivity contribution in [1.82, 2.24) is 15.0 Å². The van der Waals surface area contributed by atoms with Crippen LogP contribution < -0.4 is 16.2 Å². The van der Waals surface area contributed by atoms with Crippen LogP contribution >= 0.6 is 11.8 Å². The van der Waals surface area contributed by atoms with Gasteiger partial charge in [0.1, 0.15) is 11.6 Å². The second-order valence-corrected chi connectivity index (χ2v) is 11.2. The number of carboxylic acids is 2. The molecule has 7 N–H and O–H groups in total. The maximum absolute atomic E-state index is 15.9. The van der Waals surface area contributed by atoms with Crippen molar-refractivity contribution in [2.24, 2.45) is 0 Å². The first-order chi connectivity index (χ1) is 23.8. The minimum absolute atomic E-state index is 0.178. The monoisotopic (exact) mass is 741 g/mol. The smallest absolute Gasteiger partial charge is 0.490 e. The molecular formula is C33H30F7N5O5S. The summed E-state index contributed by atoms with van der Waals surface area (Å²) in [5, 5.41) is 15.9. The molecule has 0 amide bonds. The molecule has 272 valence electrons. The highest BCUT2D eigenvalue weighted by Gasteiger charge is 2.39. The maximum atomic E-state index is 15.9. The zero-order valence-electron chi connectivity index (χ0n) is 26.9.